The predicted molar refractivity (Wildman–Crippen MR) is 89.6 cm³/mol. The van der Waals surface area contributed by atoms with Gasteiger partial charge in [-0.25, -0.2) is 0 Å². The first-order valence-electron chi connectivity index (χ1n) is 8.70. The smallest absolute Gasteiger partial charge is 0.221 e. The van der Waals surface area contributed by atoms with Gasteiger partial charge in [0.1, 0.15) is 6.10 Å². The Labute approximate surface area is 138 Å². The fourth-order valence-electron chi connectivity index (χ4n) is 2.96. The van der Waals surface area contributed by atoms with E-state index >= 15 is 0 Å². The summed E-state index contributed by atoms with van der Waals surface area (Å²) in [5.41, 5.74) is 0. The SMILES string of the molecule is CCCNC(=O)CCNC(=NC)N1CCOC(C2CCCO2)C1. The lowest BCUT2D eigenvalue weighted by molar-refractivity contribution is -0.120. The van der Waals surface area contributed by atoms with Crippen molar-refractivity contribution in [2.45, 2.75) is 44.8 Å². The van der Waals surface area contributed by atoms with Crippen LogP contribution in [0, 0.1) is 0 Å². The van der Waals surface area contributed by atoms with Gasteiger partial charge in [0.15, 0.2) is 5.96 Å². The summed E-state index contributed by atoms with van der Waals surface area (Å²) < 4.78 is 11.6. The van der Waals surface area contributed by atoms with Crippen molar-refractivity contribution in [1.29, 1.82) is 0 Å². The van der Waals surface area contributed by atoms with Gasteiger partial charge >= 0.3 is 0 Å². The van der Waals surface area contributed by atoms with Gasteiger partial charge in [0.25, 0.3) is 0 Å². The van der Waals surface area contributed by atoms with Gasteiger partial charge < -0.3 is 25.0 Å². The fourth-order valence-corrected chi connectivity index (χ4v) is 2.96. The minimum absolute atomic E-state index is 0.0778. The van der Waals surface area contributed by atoms with Crippen molar-refractivity contribution in [3.63, 3.8) is 0 Å². The van der Waals surface area contributed by atoms with Crippen LogP contribution in [0.1, 0.15) is 32.6 Å². The fraction of sp³-hybridized carbons (Fsp3) is 0.875. The van der Waals surface area contributed by atoms with E-state index in [1.165, 1.54) is 0 Å². The van der Waals surface area contributed by atoms with Gasteiger partial charge in [0, 0.05) is 46.3 Å². The number of carbonyl (C=O) groups excluding carboxylic acids is 1. The average Bonchev–Trinajstić information content (AvgIpc) is 3.11. The van der Waals surface area contributed by atoms with Crippen LogP contribution in [0.5, 0.6) is 0 Å². The Morgan fingerprint density at radius 3 is 2.74 bits per heavy atom. The maximum atomic E-state index is 11.6. The molecule has 0 bridgehead atoms. The normalized spacial score (nSPS) is 25.5. The Bertz CT molecular complexity index is 397. The van der Waals surface area contributed by atoms with E-state index < -0.39 is 0 Å². The van der Waals surface area contributed by atoms with Crippen molar-refractivity contribution in [3.8, 4) is 0 Å². The number of hydrogen-bond acceptors (Lipinski definition) is 4. The lowest BCUT2D eigenvalue weighted by Crippen LogP contribution is -2.53. The Hall–Kier alpha value is -1.34. The monoisotopic (exact) mass is 326 g/mol. The molecule has 7 nitrogen and oxygen atoms in total. The van der Waals surface area contributed by atoms with Crippen LogP contribution < -0.4 is 10.6 Å². The molecular weight excluding hydrogens is 296 g/mol. The number of ether oxygens (including phenoxy) is 2. The molecule has 2 rings (SSSR count). The summed E-state index contributed by atoms with van der Waals surface area (Å²) in [6.45, 7) is 6.48. The molecule has 0 aromatic carbocycles. The van der Waals surface area contributed by atoms with Gasteiger partial charge in [0.05, 0.1) is 12.7 Å². The topological polar surface area (TPSA) is 75.2 Å². The summed E-state index contributed by atoms with van der Waals surface area (Å²) in [5, 5.41) is 6.16. The van der Waals surface area contributed by atoms with Crippen LogP contribution in [-0.2, 0) is 14.3 Å². The number of rotatable bonds is 6. The number of morpholine rings is 1. The van der Waals surface area contributed by atoms with Crippen molar-refractivity contribution in [2.75, 3.05) is 46.4 Å². The zero-order chi connectivity index (χ0) is 16.5. The van der Waals surface area contributed by atoms with Gasteiger partial charge in [-0.15, -0.1) is 0 Å². The van der Waals surface area contributed by atoms with Gasteiger partial charge in [-0.3, -0.25) is 9.79 Å². The molecule has 2 saturated heterocycles. The molecule has 2 atom stereocenters. The zero-order valence-corrected chi connectivity index (χ0v) is 14.3. The molecule has 7 heteroatoms. The molecule has 132 valence electrons. The molecule has 1 amide bonds. The van der Waals surface area contributed by atoms with Crippen molar-refractivity contribution in [3.05, 3.63) is 0 Å². The molecule has 2 fully saturated rings. The molecule has 0 saturated carbocycles. The molecule has 23 heavy (non-hydrogen) atoms. The van der Waals surface area contributed by atoms with E-state index in [0.29, 0.717) is 19.6 Å². The van der Waals surface area contributed by atoms with E-state index in [9.17, 15) is 4.79 Å². The molecule has 0 radical (unpaired) electrons. The molecule has 2 aliphatic rings. The molecule has 2 heterocycles. The highest BCUT2D eigenvalue weighted by molar-refractivity contribution is 5.81. The summed E-state index contributed by atoms with van der Waals surface area (Å²) in [5.74, 6) is 0.911. The van der Waals surface area contributed by atoms with Crippen molar-refractivity contribution in [2.24, 2.45) is 4.99 Å². The quantitative estimate of drug-likeness (QED) is 0.544. The first-order valence-corrected chi connectivity index (χ1v) is 8.70. The van der Waals surface area contributed by atoms with Crippen LogP contribution in [-0.4, -0.2) is 75.4 Å². The Morgan fingerprint density at radius 1 is 1.22 bits per heavy atom. The second-order valence-electron chi connectivity index (χ2n) is 5.98. The molecule has 0 aromatic rings. The van der Waals surface area contributed by atoms with Crippen LogP contribution in [0.4, 0.5) is 0 Å². The van der Waals surface area contributed by atoms with E-state index in [-0.39, 0.29) is 18.1 Å². The second-order valence-corrected chi connectivity index (χ2v) is 5.98. The van der Waals surface area contributed by atoms with Crippen LogP contribution in [0.25, 0.3) is 0 Å². The maximum Gasteiger partial charge on any atom is 0.221 e. The highest BCUT2D eigenvalue weighted by Gasteiger charge is 2.32. The third-order valence-corrected chi connectivity index (χ3v) is 4.19. The molecule has 2 N–H and O–H groups in total. The summed E-state index contributed by atoms with van der Waals surface area (Å²) in [7, 11) is 1.77. The minimum Gasteiger partial charge on any atom is -0.375 e. The highest BCUT2D eigenvalue weighted by Crippen LogP contribution is 2.20. The van der Waals surface area contributed by atoms with E-state index in [1.807, 2.05) is 6.92 Å². The lowest BCUT2D eigenvalue weighted by Gasteiger charge is -2.37. The largest absolute Gasteiger partial charge is 0.375 e. The van der Waals surface area contributed by atoms with Crippen molar-refractivity contribution >= 4 is 11.9 Å². The summed E-state index contributed by atoms with van der Waals surface area (Å²) in [6, 6.07) is 0. The number of aliphatic imine (C=N–C) groups is 1. The Balaban J connectivity index is 1.75. The molecule has 2 aliphatic heterocycles. The average molecular weight is 326 g/mol. The van der Waals surface area contributed by atoms with E-state index in [4.69, 9.17) is 9.47 Å². The number of nitrogens with one attached hydrogen (secondary N) is 2. The highest BCUT2D eigenvalue weighted by atomic mass is 16.5. The second kappa shape index (κ2) is 9.72. The predicted octanol–water partition coefficient (Wildman–Crippen LogP) is 0.358. The Kier molecular flexibility index (Phi) is 7.61. The number of carbonyl (C=O) groups is 1. The van der Waals surface area contributed by atoms with E-state index in [0.717, 1.165) is 51.5 Å². The Morgan fingerprint density at radius 2 is 2.04 bits per heavy atom. The van der Waals surface area contributed by atoms with Crippen LogP contribution in [0.3, 0.4) is 0 Å². The van der Waals surface area contributed by atoms with Gasteiger partial charge in [0.2, 0.25) is 5.91 Å². The first-order chi connectivity index (χ1) is 11.2. The number of hydrogen-bond donors (Lipinski definition) is 2. The van der Waals surface area contributed by atoms with E-state index in [1.54, 1.807) is 7.05 Å². The number of guanidine groups is 1. The molecule has 0 aliphatic carbocycles. The molecule has 0 aromatic heterocycles. The zero-order valence-electron chi connectivity index (χ0n) is 14.3. The number of nitrogens with zero attached hydrogens (tertiary/aromatic N) is 2. The van der Waals surface area contributed by atoms with Gasteiger partial charge in [-0.2, -0.15) is 0 Å². The summed E-state index contributed by atoms with van der Waals surface area (Å²) >= 11 is 0. The maximum absolute atomic E-state index is 11.6. The third kappa shape index (κ3) is 5.66. The van der Waals surface area contributed by atoms with Crippen molar-refractivity contribution in [1.82, 2.24) is 15.5 Å². The van der Waals surface area contributed by atoms with Crippen molar-refractivity contribution < 1.29 is 14.3 Å². The molecule has 2 unspecified atom stereocenters. The van der Waals surface area contributed by atoms with Gasteiger partial charge in [-0.05, 0) is 19.3 Å². The minimum atomic E-state index is 0.0778. The van der Waals surface area contributed by atoms with E-state index in [2.05, 4.69) is 20.5 Å². The third-order valence-electron chi connectivity index (χ3n) is 4.19. The summed E-state index contributed by atoms with van der Waals surface area (Å²) in [4.78, 5) is 18.2. The van der Waals surface area contributed by atoms with Crippen LogP contribution in [0.2, 0.25) is 0 Å². The molecule has 0 spiro atoms. The first kappa shape index (κ1) is 18.0. The van der Waals surface area contributed by atoms with Crippen LogP contribution >= 0.6 is 0 Å². The lowest BCUT2D eigenvalue weighted by atomic mass is 10.1. The summed E-state index contributed by atoms with van der Waals surface area (Å²) in [6.07, 6.45) is 3.91. The van der Waals surface area contributed by atoms with Gasteiger partial charge in [-0.1, -0.05) is 6.92 Å². The standard InChI is InChI=1S/C16H30N4O3/c1-3-7-18-15(21)6-8-19-16(17-2)20-9-11-23-14(12-20)13-5-4-10-22-13/h13-14H,3-12H2,1-2H3,(H,17,19)(H,18,21). The molecular formula is C16H30N4O3. The van der Waals surface area contributed by atoms with Crippen LogP contribution in [0.15, 0.2) is 4.99 Å². The number of amides is 1.